The van der Waals surface area contributed by atoms with E-state index >= 15 is 0 Å². The third kappa shape index (κ3) is 8.76. The third-order valence-electron chi connectivity index (χ3n) is 5.22. The quantitative estimate of drug-likeness (QED) is 0.201. The normalized spacial score (nSPS) is 12.9. The second-order valence-corrected chi connectivity index (χ2v) is 14.7. The van der Waals surface area contributed by atoms with E-state index in [1.807, 2.05) is 20.8 Å². The van der Waals surface area contributed by atoms with Crippen LogP contribution in [-0.2, 0) is 23.6 Å². The maximum Gasteiger partial charge on any atom is 0.320 e. The van der Waals surface area contributed by atoms with Crippen LogP contribution in [0.15, 0.2) is 16.5 Å². The number of anilines is 1. The summed E-state index contributed by atoms with van der Waals surface area (Å²) in [5.74, 6) is -1.27. The summed E-state index contributed by atoms with van der Waals surface area (Å²) in [5.41, 5.74) is 3.93. The molecule has 2 heterocycles. The number of Topliss-reactive ketones (excluding diaryl/α,β-unsaturated/α-hetero) is 1. The summed E-state index contributed by atoms with van der Waals surface area (Å²) in [5, 5.41) is 5.49. The molecule has 4 N–H and O–H groups in total. The molecule has 0 atom stereocenters. The fraction of sp³-hybridized carbons (Fsp3) is 0.600. The molecule has 2 aromatic heterocycles. The zero-order valence-electron chi connectivity index (χ0n) is 23.5. The predicted octanol–water partition coefficient (Wildman–Crippen LogP) is 4.29. The van der Waals surface area contributed by atoms with Crippen LogP contribution in [-0.4, -0.2) is 47.0 Å². The van der Waals surface area contributed by atoms with Gasteiger partial charge in [-0.1, -0.05) is 32.1 Å². The summed E-state index contributed by atoms with van der Waals surface area (Å²) in [6, 6.07) is 2.94. The average Bonchev–Trinajstić information content (AvgIpc) is 3.40. The van der Waals surface area contributed by atoms with Gasteiger partial charge in [0.1, 0.15) is 34.9 Å². The van der Waals surface area contributed by atoms with Crippen molar-refractivity contribution >= 4 is 47.1 Å². The molecule has 13 heteroatoms. The van der Waals surface area contributed by atoms with Crippen molar-refractivity contribution in [1.82, 2.24) is 15.2 Å². The fourth-order valence-electron chi connectivity index (χ4n) is 3.07. The number of ether oxygens (including phenoxy) is 2. The maximum absolute atomic E-state index is 14.0. The average molecular weight is 571 g/mol. The minimum atomic E-state index is -3.89. The van der Waals surface area contributed by atoms with Crippen LogP contribution >= 0.6 is 18.8 Å². The molecule has 0 aliphatic carbocycles. The number of aromatic nitrogens is 1. The highest BCUT2D eigenvalue weighted by atomic mass is 32.1. The van der Waals surface area contributed by atoms with Gasteiger partial charge in [-0.25, -0.2) is 15.2 Å². The molecule has 0 bridgehead atoms. The van der Waals surface area contributed by atoms with E-state index in [4.69, 9.17) is 19.6 Å². The minimum absolute atomic E-state index is 0.0839. The number of carbonyl (C=O) groups is 3. The number of thiazole rings is 1. The van der Waals surface area contributed by atoms with Crippen LogP contribution in [0, 0.1) is 5.41 Å². The van der Waals surface area contributed by atoms with Gasteiger partial charge >= 0.3 is 11.9 Å². The number of nitrogens with zero attached hydrogens (tertiary/aromatic N) is 1. The lowest BCUT2D eigenvalue weighted by Gasteiger charge is -2.23. The second kappa shape index (κ2) is 11.7. The van der Waals surface area contributed by atoms with Crippen molar-refractivity contribution in [2.24, 2.45) is 5.41 Å². The van der Waals surface area contributed by atoms with Gasteiger partial charge in [0.25, 0.3) is 7.44 Å². The number of ketones is 1. The molecule has 0 fully saturated rings. The van der Waals surface area contributed by atoms with Crippen molar-refractivity contribution in [3.8, 4) is 11.5 Å². The zero-order chi connectivity index (χ0) is 29.1. The first-order chi connectivity index (χ1) is 17.3. The molecule has 212 valence electrons. The van der Waals surface area contributed by atoms with Gasteiger partial charge < -0.3 is 19.6 Å². The topological polar surface area (TPSA) is 163 Å². The SMILES string of the molecule is CCC(C)(C)C(=O)c1sc(N)nc1-c1ccc(P(=O)(NCC(=O)OC(C)(C)C)NCC(=O)OC(C)(C)C)o1. The summed E-state index contributed by atoms with van der Waals surface area (Å²) in [6.07, 6.45) is 0.602. The minimum Gasteiger partial charge on any atom is -0.459 e. The van der Waals surface area contributed by atoms with Crippen molar-refractivity contribution in [3.63, 3.8) is 0 Å². The Morgan fingerprint density at radius 3 is 1.92 bits per heavy atom. The molecule has 0 saturated heterocycles. The molecule has 0 saturated carbocycles. The number of nitrogens with one attached hydrogen (secondary N) is 2. The number of furan rings is 1. The molecule has 0 aliphatic heterocycles. The molecule has 11 nitrogen and oxygen atoms in total. The number of hydrogen-bond acceptors (Lipinski definition) is 10. The molecule has 38 heavy (non-hydrogen) atoms. The van der Waals surface area contributed by atoms with Crippen LogP contribution in [0.5, 0.6) is 0 Å². The van der Waals surface area contributed by atoms with E-state index < -0.39 is 49.1 Å². The number of nitrogens with two attached hydrogens (primary N) is 1. The first-order valence-electron chi connectivity index (χ1n) is 12.2. The summed E-state index contributed by atoms with van der Waals surface area (Å²) in [7, 11) is -3.89. The Labute approximate surface area is 227 Å². The van der Waals surface area contributed by atoms with Crippen LogP contribution < -0.4 is 21.4 Å². The van der Waals surface area contributed by atoms with Gasteiger partial charge in [-0.15, -0.1) is 0 Å². The number of carbonyl (C=O) groups excluding carboxylic acids is 3. The van der Waals surface area contributed by atoms with Crippen LogP contribution in [0.1, 0.15) is 78.4 Å². The van der Waals surface area contributed by atoms with Gasteiger partial charge in [0.15, 0.2) is 22.2 Å². The Bertz CT molecular complexity index is 1190. The molecule has 0 aromatic carbocycles. The van der Waals surface area contributed by atoms with E-state index in [0.29, 0.717) is 11.3 Å². The van der Waals surface area contributed by atoms with Crippen molar-refractivity contribution in [2.45, 2.75) is 79.9 Å². The maximum atomic E-state index is 14.0. The molecule has 0 amide bonds. The van der Waals surface area contributed by atoms with Crippen molar-refractivity contribution in [2.75, 3.05) is 18.8 Å². The highest BCUT2D eigenvalue weighted by Crippen LogP contribution is 2.40. The molecular weight excluding hydrogens is 531 g/mol. The molecule has 0 aliphatic rings. The summed E-state index contributed by atoms with van der Waals surface area (Å²) in [4.78, 5) is 42.4. The lowest BCUT2D eigenvalue weighted by molar-refractivity contribution is -0.154. The highest BCUT2D eigenvalue weighted by Gasteiger charge is 2.35. The largest absolute Gasteiger partial charge is 0.459 e. The van der Waals surface area contributed by atoms with Gasteiger partial charge in [0, 0.05) is 5.41 Å². The molecule has 0 radical (unpaired) electrons. The Kier molecular flexibility index (Phi) is 9.75. The van der Waals surface area contributed by atoms with Crippen LogP contribution in [0.3, 0.4) is 0 Å². The van der Waals surface area contributed by atoms with Gasteiger partial charge in [-0.2, -0.15) is 0 Å². The van der Waals surface area contributed by atoms with E-state index in [2.05, 4.69) is 15.2 Å². The van der Waals surface area contributed by atoms with E-state index in [1.165, 1.54) is 12.1 Å². The summed E-state index contributed by atoms with van der Waals surface area (Å²) in [6.45, 7) is 15.0. The van der Waals surface area contributed by atoms with Crippen molar-refractivity contribution in [1.29, 1.82) is 0 Å². The van der Waals surface area contributed by atoms with Crippen LogP contribution in [0.2, 0.25) is 0 Å². The Hall–Kier alpha value is -2.53. The first kappa shape index (κ1) is 31.7. The second-order valence-electron chi connectivity index (χ2n) is 11.4. The Morgan fingerprint density at radius 1 is 0.974 bits per heavy atom. The summed E-state index contributed by atoms with van der Waals surface area (Å²) >= 11 is 1.05. The Morgan fingerprint density at radius 2 is 1.47 bits per heavy atom. The van der Waals surface area contributed by atoms with E-state index in [1.54, 1.807) is 41.5 Å². The smallest absolute Gasteiger partial charge is 0.320 e. The van der Waals surface area contributed by atoms with E-state index in [-0.39, 0.29) is 27.9 Å². The standard InChI is InChI=1S/C25H39N4O7PS/c1-10-25(8,9)21(32)20-19(29-22(26)38-20)15-11-12-18(34-15)37(33,27-13-16(30)35-23(2,3)4)28-14-17(31)36-24(5,6)7/h11-12H,10,13-14H2,1-9H3,(H2,26,29)(H2,27,28,33). The van der Waals surface area contributed by atoms with Gasteiger partial charge in [-0.3, -0.25) is 18.9 Å². The highest BCUT2D eigenvalue weighted by molar-refractivity contribution is 7.67. The number of hydrogen-bond donors (Lipinski definition) is 3. The number of rotatable bonds is 11. The Balaban J connectivity index is 2.40. The van der Waals surface area contributed by atoms with Crippen molar-refractivity contribution in [3.05, 3.63) is 17.0 Å². The molecule has 0 unspecified atom stereocenters. The monoisotopic (exact) mass is 570 g/mol. The molecule has 0 spiro atoms. The zero-order valence-corrected chi connectivity index (χ0v) is 25.2. The first-order valence-corrected chi connectivity index (χ1v) is 14.7. The van der Waals surface area contributed by atoms with E-state index in [9.17, 15) is 18.9 Å². The predicted molar refractivity (Wildman–Crippen MR) is 148 cm³/mol. The van der Waals surface area contributed by atoms with E-state index in [0.717, 1.165) is 11.3 Å². The van der Waals surface area contributed by atoms with Crippen LogP contribution in [0.25, 0.3) is 11.5 Å². The lowest BCUT2D eigenvalue weighted by atomic mass is 9.84. The number of nitrogen functional groups attached to an aromatic ring is 1. The summed E-state index contributed by atoms with van der Waals surface area (Å²) < 4.78 is 30.5. The molecule has 2 aromatic rings. The van der Waals surface area contributed by atoms with Gasteiger partial charge in [0.05, 0.1) is 0 Å². The lowest BCUT2D eigenvalue weighted by Crippen LogP contribution is -2.38. The third-order valence-corrected chi connectivity index (χ3v) is 8.17. The molecule has 2 rings (SSSR count). The number of esters is 2. The van der Waals surface area contributed by atoms with Crippen molar-refractivity contribution < 1.29 is 32.8 Å². The molecular formula is C25H39N4O7PS. The van der Waals surface area contributed by atoms with Gasteiger partial charge in [-0.05, 0) is 60.1 Å². The fourth-order valence-corrected chi connectivity index (χ4v) is 5.66. The van der Waals surface area contributed by atoms with Crippen LogP contribution in [0.4, 0.5) is 5.13 Å². The van der Waals surface area contributed by atoms with Gasteiger partial charge in [0.2, 0.25) is 0 Å².